The fourth-order valence-electron chi connectivity index (χ4n) is 6.98. The molecule has 0 aromatic heterocycles. The van der Waals surface area contributed by atoms with Crippen molar-refractivity contribution in [1.82, 2.24) is 9.80 Å². The van der Waals surface area contributed by atoms with Crippen molar-refractivity contribution in [2.45, 2.75) is 51.9 Å². The number of hydrogen-bond acceptors (Lipinski definition) is 7. The second kappa shape index (κ2) is 8.54. The lowest BCUT2D eigenvalue weighted by Gasteiger charge is -2.52. The summed E-state index contributed by atoms with van der Waals surface area (Å²) < 4.78 is 16.8. The lowest BCUT2D eigenvalue weighted by Crippen LogP contribution is -2.55. The van der Waals surface area contributed by atoms with Gasteiger partial charge in [-0.05, 0) is 36.5 Å². The molecule has 2 saturated heterocycles. The Labute approximate surface area is 201 Å². The molecule has 2 aliphatic carbocycles. The number of piperazine rings is 1. The van der Waals surface area contributed by atoms with Gasteiger partial charge in [-0.25, -0.2) is 0 Å². The predicted octanol–water partition coefficient (Wildman–Crippen LogP) is 2.82. The third kappa shape index (κ3) is 3.64. The highest BCUT2D eigenvalue weighted by molar-refractivity contribution is 5.76. The summed E-state index contributed by atoms with van der Waals surface area (Å²) in [4.78, 5) is 17.8. The minimum Gasteiger partial charge on any atom is -0.461 e. The summed E-state index contributed by atoms with van der Waals surface area (Å²) in [6.07, 6.45) is 4.53. The maximum absolute atomic E-state index is 12.9. The number of benzene rings is 1. The maximum Gasteiger partial charge on any atom is 0.311 e. The van der Waals surface area contributed by atoms with Crippen LogP contribution in [0.5, 0.6) is 11.5 Å². The Bertz CT molecular complexity index is 987. The molecule has 3 fully saturated rings. The molecule has 1 saturated carbocycles. The van der Waals surface area contributed by atoms with E-state index in [0.29, 0.717) is 19.3 Å². The van der Waals surface area contributed by atoms with Gasteiger partial charge in [-0.3, -0.25) is 14.6 Å². The Hall–Kier alpha value is -2.09. The molecule has 1 aromatic rings. The first-order valence-corrected chi connectivity index (χ1v) is 12.8. The average molecular weight is 469 g/mol. The molecule has 184 valence electrons. The van der Waals surface area contributed by atoms with Crippen LogP contribution in [0.3, 0.4) is 0 Å². The van der Waals surface area contributed by atoms with E-state index in [2.05, 4.69) is 41.9 Å². The van der Waals surface area contributed by atoms with E-state index in [1.807, 2.05) is 6.07 Å². The lowest BCUT2D eigenvalue weighted by atomic mass is 9.55. The van der Waals surface area contributed by atoms with Gasteiger partial charge in [-0.2, -0.15) is 0 Å². The first kappa shape index (κ1) is 22.4. The minimum absolute atomic E-state index is 0.109. The van der Waals surface area contributed by atoms with E-state index in [4.69, 9.17) is 14.2 Å². The molecule has 7 nitrogen and oxygen atoms in total. The van der Waals surface area contributed by atoms with E-state index in [9.17, 15) is 9.90 Å². The molecule has 0 unspecified atom stereocenters. The summed E-state index contributed by atoms with van der Waals surface area (Å²) in [6, 6.07) is 6.16. The van der Waals surface area contributed by atoms with Crippen LogP contribution in [0.25, 0.3) is 0 Å². The second-order valence-corrected chi connectivity index (χ2v) is 11.1. The van der Waals surface area contributed by atoms with Gasteiger partial charge in [0.2, 0.25) is 6.79 Å². The van der Waals surface area contributed by atoms with E-state index in [0.717, 1.165) is 63.5 Å². The van der Waals surface area contributed by atoms with Crippen LogP contribution in [-0.4, -0.2) is 72.6 Å². The quantitative estimate of drug-likeness (QED) is 0.538. The van der Waals surface area contributed by atoms with Crippen molar-refractivity contribution in [1.29, 1.82) is 0 Å². The topological polar surface area (TPSA) is 71.5 Å². The molecule has 0 radical (unpaired) electrons. The predicted molar refractivity (Wildman–Crippen MR) is 126 cm³/mol. The number of nitrogens with zero attached hydrogens (tertiary/aromatic N) is 2. The van der Waals surface area contributed by atoms with Crippen molar-refractivity contribution < 1.29 is 24.1 Å². The fourth-order valence-corrected chi connectivity index (χ4v) is 6.98. The van der Waals surface area contributed by atoms with E-state index in [-0.39, 0.29) is 29.3 Å². The Kier molecular flexibility index (Phi) is 5.62. The molecule has 3 aliphatic heterocycles. The van der Waals surface area contributed by atoms with E-state index >= 15 is 0 Å². The third-order valence-electron chi connectivity index (χ3n) is 9.33. The number of rotatable bonds is 4. The number of carbonyl (C=O) groups excluding carboxylic acids is 1. The molecule has 1 aromatic carbocycles. The first-order chi connectivity index (χ1) is 16.4. The molecular formula is C27H36N2O5. The molecular weight excluding hydrogens is 432 g/mol. The van der Waals surface area contributed by atoms with Crippen molar-refractivity contribution in [3.63, 3.8) is 0 Å². The Morgan fingerprint density at radius 2 is 1.88 bits per heavy atom. The Balaban J connectivity index is 1.09. The number of ether oxygens (including phenoxy) is 3. The minimum atomic E-state index is -0.531. The summed E-state index contributed by atoms with van der Waals surface area (Å²) >= 11 is 0. The van der Waals surface area contributed by atoms with E-state index in [1.54, 1.807) is 0 Å². The van der Waals surface area contributed by atoms with Crippen LogP contribution in [0.1, 0.15) is 38.7 Å². The number of fused-ring (bicyclic) bond motifs is 3. The van der Waals surface area contributed by atoms with Crippen LogP contribution in [0.4, 0.5) is 0 Å². The van der Waals surface area contributed by atoms with Gasteiger partial charge in [0.25, 0.3) is 0 Å². The zero-order chi connectivity index (χ0) is 23.4. The Morgan fingerprint density at radius 3 is 2.71 bits per heavy atom. The highest BCUT2D eigenvalue weighted by Crippen LogP contribution is 2.56. The lowest BCUT2D eigenvalue weighted by molar-refractivity contribution is -0.145. The van der Waals surface area contributed by atoms with Gasteiger partial charge in [0, 0.05) is 57.0 Å². The van der Waals surface area contributed by atoms with Gasteiger partial charge in [0.05, 0.1) is 12.0 Å². The monoisotopic (exact) mass is 468 g/mol. The zero-order valence-electron chi connectivity index (χ0n) is 20.2. The van der Waals surface area contributed by atoms with Crippen LogP contribution in [0.15, 0.2) is 29.8 Å². The van der Waals surface area contributed by atoms with Gasteiger partial charge in [-0.15, -0.1) is 0 Å². The second-order valence-electron chi connectivity index (χ2n) is 11.1. The molecule has 3 heterocycles. The standard InChI is InChI=1S/C27H36N2O5/c1-17-4-3-5-19-13-23-24(25(30)27(17,19)2)20(26(31)34-23)15-29-10-8-28(9-11-29)14-18-6-7-21-22(12-18)33-16-32-21/h5-7,12,17,20,23-25,30H,3-4,8-11,13-16H2,1-2H3/t17-,20-,23-,24+,25-,27-/m1/s1. The van der Waals surface area contributed by atoms with Crippen molar-refractivity contribution in [2.75, 3.05) is 39.5 Å². The largest absolute Gasteiger partial charge is 0.461 e. The molecule has 0 spiro atoms. The number of carbonyl (C=O) groups is 1. The van der Waals surface area contributed by atoms with Gasteiger partial charge in [0.1, 0.15) is 6.10 Å². The maximum atomic E-state index is 12.9. The number of aliphatic hydroxyl groups excluding tert-OH is 1. The Morgan fingerprint density at radius 1 is 1.12 bits per heavy atom. The molecule has 5 aliphatic rings. The molecule has 7 heteroatoms. The molecule has 1 N–H and O–H groups in total. The summed E-state index contributed by atoms with van der Waals surface area (Å²) in [5.74, 6) is 1.59. The van der Waals surface area contributed by atoms with Crippen LogP contribution in [-0.2, 0) is 16.1 Å². The van der Waals surface area contributed by atoms with Gasteiger partial charge in [0.15, 0.2) is 11.5 Å². The van der Waals surface area contributed by atoms with Crippen molar-refractivity contribution in [2.24, 2.45) is 23.2 Å². The van der Waals surface area contributed by atoms with E-state index in [1.165, 1.54) is 11.1 Å². The molecule has 6 atom stereocenters. The van der Waals surface area contributed by atoms with Crippen LogP contribution >= 0.6 is 0 Å². The van der Waals surface area contributed by atoms with E-state index < -0.39 is 6.10 Å². The fraction of sp³-hybridized carbons (Fsp3) is 0.667. The van der Waals surface area contributed by atoms with Crippen molar-refractivity contribution >= 4 is 5.97 Å². The first-order valence-electron chi connectivity index (χ1n) is 12.8. The average Bonchev–Trinajstić information content (AvgIpc) is 3.41. The van der Waals surface area contributed by atoms with Crippen LogP contribution in [0, 0.1) is 23.2 Å². The summed E-state index contributed by atoms with van der Waals surface area (Å²) in [7, 11) is 0. The van der Waals surface area contributed by atoms with Crippen LogP contribution < -0.4 is 9.47 Å². The summed E-state index contributed by atoms with van der Waals surface area (Å²) in [6.45, 7) is 10.1. The number of hydrogen-bond donors (Lipinski definition) is 1. The summed E-state index contributed by atoms with van der Waals surface area (Å²) in [5, 5.41) is 11.6. The molecule has 34 heavy (non-hydrogen) atoms. The molecule has 0 bridgehead atoms. The zero-order valence-corrected chi connectivity index (χ0v) is 20.2. The molecule has 6 rings (SSSR count). The van der Waals surface area contributed by atoms with Crippen molar-refractivity contribution in [3.05, 3.63) is 35.4 Å². The number of aliphatic hydroxyl groups is 1. The van der Waals surface area contributed by atoms with Gasteiger partial charge >= 0.3 is 5.97 Å². The van der Waals surface area contributed by atoms with Gasteiger partial charge in [-0.1, -0.05) is 31.6 Å². The highest BCUT2D eigenvalue weighted by atomic mass is 16.7. The normalized spacial score (nSPS) is 37.7. The SMILES string of the molecule is C[C@@H]1CCC=C2C[C@H]3OC(=O)[C@H](CN4CCN(Cc5ccc6c(c5)OCO6)CC4)[C@@H]3[C@@H](O)[C@@]21C. The third-order valence-corrected chi connectivity index (χ3v) is 9.33. The number of allylic oxidation sites excluding steroid dienone is 1. The summed E-state index contributed by atoms with van der Waals surface area (Å²) in [5.41, 5.74) is 2.28. The van der Waals surface area contributed by atoms with Crippen molar-refractivity contribution in [3.8, 4) is 11.5 Å². The van der Waals surface area contributed by atoms with Crippen LogP contribution in [0.2, 0.25) is 0 Å². The molecule has 0 amide bonds. The highest BCUT2D eigenvalue weighted by Gasteiger charge is 2.59. The van der Waals surface area contributed by atoms with Gasteiger partial charge < -0.3 is 19.3 Å². The number of esters is 1. The smallest absolute Gasteiger partial charge is 0.311 e.